The van der Waals surface area contributed by atoms with Crippen molar-refractivity contribution in [1.82, 2.24) is 9.55 Å². The van der Waals surface area contributed by atoms with E-state index in [-0.39, 0.29) is 22.1 Å². The van der Waals surface area contributed by atoms with Crippen LogP contribution in [0.5, 0.6) is 5.75 Å². The van der Waals surface area contributed by atoms with Gasteiger partial charge >= 0.3 is 0 Å². The number of carbonyl (C=O) groups excluding carboxylic acids is 1. The minimum absolute atomic E-state index is 0.0861. The van der Waals surface area contributed by atoms with Gasteiger partial charge in [0.25, 0.3) is 5.56 Å². The third-order valence-corrected chi connectivity index (χ3v) is 4.84. The summed E-state index contributed by atoms with van der Waals surface area (Å²) in [5.74, 6) is 0.717. The molecule has 3 aromatic rings. The van der Waals surface area contributed by atoms with E-state index >= 15 is 0 Å². The Kier molecular flexibility index (Phi) is 5.75. The van der Waals surface area contributed by atoms with E-state index in [0.29, 0.717) is 22.0 Å². The molecular formula is C19H15ClN2O3S. The Morgan fingerprint density at radius 1 is 1.23 bits per heavy atom. The van der Waals surface area contributed by atoms with Gasteiger partial charge in [0.2, 0.25) is 0 Å². The van der Waals surface area contributed by atoms with E-state index in [2.05, 4.69) is 4.98 Å². The highest BCUT2D eigenvalue weighted by molar-refractivity contribution is 7.99. The topological polar surface area (TPSA) is 61.2 Å². The first kappa shape index (κ1) is 18.2. The first-order chi connectivity index (χ1) is 12.6. The number of halogens is 1. The molecule has 0 aliphatic rings. The molecule has 0 bridgehead atoms. The monoisotopic (exact) mass is 386 g/mol. The van der Waals surface area contributed by atoms with E-state index in [1.54, 1.807) is 61.8 Å². The maximum atomic E-state index is 12.6. The zero-order valence-corrected chi connectivity index (χ0v) is 15.5. The number of hydrogen-bond donors (Lipinski definition) is 0. The number of benzene rings is 2. The van der Waals surface area contributed by atoms with Gasteiger partial charge in [0.05, 0.1) is 18.6 Å². The van der Waals surface area contributed by atoms with Gasteiger partial charge in [0, 0.05) is 23.0 Å². The minimum Gasteiger partial charge on any atom is -0.497 e. The van der Waals surface area contributed by atoms with Gasteiger partial charge in [-0.3, -0.25) is 14.2 Å². The van der Waals surface area contributed by atoms with Gasteiger partial charge in [-0.15, -0.1) is 0 Å². The van der Waals surface area contributed by atoms with Gasteiger partial charge in [-0.05, 0) is 42.5 Å². The third kappa shape index (κ3) is 4.15. The number of ether oxygens (including phenoxy) is 1. The second kappa shape index (κ2) is 8.21. The van der Waals surface area contributed by atoms with Crippen molar-refractivity contribution in [3.05, 3.63) is 81.9 Å². The van der Waals surface area contributed by atoms with E-state index in [1.807, 2.05) is 0 Å². The minimum atomic E-state index is -0.290. The van der Waals surface area contributed by atoms with Crippen LogP contribution in [0.25, 0.3) is 5.69 Å². The summed E-state index contributed by atoms with van der Waals surface area (Å²) in [5.41, 5.74) is 0.917. The van der Waals surface area contributed by atoms with Crippen LogP contribution in [-0.4, -0.2) is 28.2 Å². The summed E-state index contributed by atoms with van der Waals surface area (Å²) in [5, 5.41) is 0.796. The lowest BCUT2D eigenvalue weighted by Crippen LogP contribution is -2.21. The van der Waals surface area contributed by atoms with Crippen LogP contribution in [0.3, 0.4) is 0 Å². The van der Waals surface area contributed by atoms with Gasteiger partial charge in [-0.25, -0.2) is 4.98 Å². The summed E-state index contributed by atoms with van der Waals surface area (Å²) < 4.78 is 6.53. The summed E-state index contributed by atoms with van der Waals surface area (Å²) in [6.07, 6.45) is 3.10. The molecule has 0 saturated heterocycles. The van der Waals surface area contributed by atoms with Gasteiger partial charge in [0.1, 0.15) is 5.75 Å². The lowest BCUT2D eigenvalue weighted by Gasteiger charge is -2.07. The predicted octanol–water partition coefficient (Wildman–Crippen LogP) is 3.87. The van der Waals surface area contributed by atoms with Crippen LogP contribution in [0.1, 0.15) is 10.4 Å². The molecule has 0 saturated carbocycles. The van der Waals surface area contributed by atoms with Crippen LogP contribution in [0.15, 0.2) is 70.7 Å². The molecular weight excluding hydrogens is 372 g/mol. The van der Waals surface area contributed by atoms with Crippen molar-refractivity contribution in [1.29, 1.82) is 0 Å². The molecule has 3 rings (SSSR count). The lowest BCUT2D eigenvalue weighted by molar-refractivity contribution is 0.102. The quantitative estimate of drug-likeness (QED) is 0.475. The smallest absolute Gasteiger partial charge is 0.287 e. The summed E-state index contributed by atoms with van der Waals surface area (Å²) in [6, 6.07) is 13.8. The SMILES string of the molecule is COc1ccc(C(=O)CSc2nccn(-c3cccc(Cl)c3)c2=O)cc1. The number of Topliss-reactive ketones (excluding diaryl/α,β-unsaturated/α-hetero) is 1. The Morgan fingerprint density at radius 2 is 2.00 bits per heavy atom. The average Bonchev–Trinajstić information content (AvgIpc) is 2.67. The van der Waals surface area contributed by atoms with Crippen molar-refractivity contribution >= 4 is 29.1 Å². The van der Waals surface area contributed by atoms with Crippen molar-refractivity contribution in [2.24, 2.45) is 0 Å². The number of ketones is 1. The van der Waals surface area contributed by atoms with E-state index < -0.39 is 0 Å². The molecule has 1 heterocycles. The number of thioether (sulfide) groups is 1. The van der Waals surface area contributed by atoms with Crippen LogP contribution in [0, 0.1) is 0 Å². The van der Waals surface area contributed by atoms with E-state index in [9.17, 15) is 9.59 Å². The molecule has 0 amide bonds. The first-order valence-electron chi connectivity index (χ1n) is 7.72. The summed E-state index contributed by atoms with van der Waals surface area (Å²) in [6.45, 7) is 0. The molecule has 0 radical (unpaired) electrons. The molecule has 132 valence electrons. The maximum absolute atomic E-state index is 12.6. The number of aromatic nitrogens is 2. The predicted molar refractivity (Wildman–Crippen MR) is 103 cm³/mol. The number of rotatable bonds is 6. The Bertz CT molecular complexity index is 987. The fourth-order valence-electron chi connectivity index (χ4n) is 2.32. The molecule has 0 N–H and O–H groups in total. The summed E-state index contributed by atoms with van der Waals surface area (Å²) >= 11 is 7.10. The van der Waals surface area contributed by atoms with Crippen molar-refractivity contribution in [3.8, 4) is 11.4 Å². The Morgan fingerprint density at radius 3 is 2.69 bits per heavy atom. The molecule has 26 heavy (non-hydrogen) atoms. The van der Waals surface area contributed by atoms with Crippen molar-refractivity contribution in [2.75, 3.05) is 12.9 Å². The molecule has 0 unspecified atom stereocenters. The van der Waals surface area contributed by atoms with Gasteiger partial charge < -0.3 is 4.74 Å². The van der Waals surface area contributed by atoms with Crippen LogP contribution in [-0.2, 0) is 0 Å². The highest BCUT2D eigenvalue weighted by Gasteiger charge is 2.12. The molecule has 1 aromatic heterocycles. The fraction of sp³-hybridized carbons (Fsp3) is 0.105. The second-order valence-electron chi connectivity index (χ2n) is 5.33. The Balaban J connectivity index is 1.77. The van der Waals surface area contributed by atoms with Crippen molar-refractivity contribution in [3.63, 3.8) is 0 Å². The zero-order valence-electron chi connectivity index (χ0n) is 13.9. The summed E-state index contributed by atoms with van der Waals surface area (Å²) in [7, 11) is 1.57. The van der Waals surface area contributed by atoms with E-state index in [0.717, 1.165) is 11.8 Å². The fourth-order valence-corrected chi connectivity index (χ4v) is 3.29. The number of nitrogens with zero attached hydrogens (tertiary/aromatic N) is 2. The highest BCUT2D eigenvalue weighted by atomic mass is 35.5. The molecule has 7 heteroatoms. The average molecular weight is 387 g/mol. The maximum Gasteiger partial charge on any atom is 0.287 e. The normalized spacial score (nSPS) is 10.5. The number of methoxy groups -OCH3 is 1. The third-order valence-electron chi connectivity index (χ3n) is 3.65. The van der Waals surface area contributed by atoms with E-state index in [4.69, 9.17) is 16.3 Å². The molecule has 0 atom stereocenters. The number of hydrogen-bond acceptors (Lipinski definition) is 5. The van der Waals surface area contributed by atoms with Crippen molar-refractivity contribution < 1.29 is 9.53 Å². The van der Waals surface area contributed by atoms with Crippen LogP contribution < -0.4 is 10.3 Å². The second-order valence-corrected chi connectivity index (χ2v) is 6.73. The zero-order chi connectivity index (χ0) is 18.5. The Labute approximate surface area is 159 Å². The summed E-state index contributed by atoms with van der Waals surface area (Å²) in [4.78, 5) is 29.0. The molecule has 2 aromatic carbocycles. The largest absolute Gasteiger partial charge is 0.497 e. The van der Waals surface area contributed by atoms with E-state index in [1.165, 1.54) is 10.8 Å². The molecule has 5 nitrogen and oxygen atoms in total. The van der Waals surface area contributed by atoms with Crippen molar-refractivity contribution in [2.45, 2.75) is 5.03 Å². The lowest BCUT2D eigenvalue weighted by atomic mass is 10.1. The molecule has 0 fully saturated rings. The van der Waals surface area contributed by atoms with Gasteiger partial charge in [-0.2, -0.15) is 0 Å². The van der Waals surface area contributed by atoms with Crippen LogP contribution in [0.2, 0.25) is 5.02 Å². The first-order valence-corrected chi connectivity index (χ1v) is 9.08. The van der Waals surface area contributed by atoms with Gasteiger partial charge in [0.15, 0.2) is 10.8 Å². The van der Waals surface area contributed by atoms with Gasteiger partial charge in [-0.1, -0.05) is 29.4 Å². The molecule has 0 spiro atoms. The Hall–Kier alpha value is -2.57. The van der Waals surface area contributed by atoms with Crippen LogP contribution in [0.4, 0.5) is 0 Å². The molecule has 0 aliphatic carbocycles. The molecule has 0 aliphatic heterocycles. The highest BCUT2D eigenvalue weighted by Crippen LogP contribution is 2.18. The number of carbonyl (C=O) groups is 1. The van der Waals surface area contributed by atoms with Crippen LogP contribution >= 0.6 is 23.4 Å². The standard InChI is InChI=1S/C19H15ClN2O3S/c1-25-16-7-5-13(6-8-16)17(23)12-26-18-19(24)22(10-9-21-18)15-4-2-3-14(20)11-15/h2-11H,12H2,1H3.